The molecule has 1 nitrogen and oxygen atoms in total. The van der Waals surface area contributed by atoms with E-state index < -0.39 is 0 Å². The van der Waals surface area contributed by atoms with Crippen LogP contribution in [0.3, 0.4) is 0 Å². The van der Waals surface area contributed by atoms with Crippen LogP contribution in [-0.2, 0) is 0 Å². The predicted molar refractivity (Wildman–Crippen MR) is 73.5 cm³/mol. The van der Waals surface area contributed by atoms with Crippen molar-refractivity contribution in [2.45, 2.75) is 72.6 Å². The van der Waals surface area contributed by atoms with Crippen molar-refractivity contribution in [2.24, 2.45) is 23.2 Å². The SMILES string of the molecule is CC(C)CCCC1(C#N)CCC(C(C)C)CC1. The highest BCUT2D eigenvalue weighted by Crippen LogP contribution is 2.44. The van der Waals surface area contributed by atoms with Crippen LogP contribution in [0.4, 0.5) is 0 Å². The summed E-state index contributed by atoms with van der Waals surface area (Å²) >= 11 is 0. The summed E-state index contributed by atoms with van der Waals surface area (Å²) in [5.41, 5.74) is 0.0281. The number of rotatable bonds is 5. The van der Waals surface area contributed by atoms with Crippen LogP contribution in [0.1, 0.15) is 72.6 Å². The Kier molecular flexibility index (Phi) is 5.50. The normalized spacial score (nSPS) is 29.6. The van der Waals surface area contributed by atoms with Crippen LogP contribution in [-0.4, -0.2) is 0 Å². The van der Waals surface area contributed by atoms with E-state index in [2.05, 4.69) is 33.8 Å². The Balaban J connectivity index is 2.42. The highest BCUT2D eigenvalue weighted by Gasteiger charge is 2.35. The van der Waals surface area contributed by atoms with Crippen LogP contribution in [0, 0.1) is 34.5 Å². The molecule has 1 rings (SSSR count). The van der Waals surface area contributed by atoms with E-state index in [0.717, 1.165) is 37.0 Å². The predicted octanol–water partition coefficient (Wildman–Crippen LogP) is 5.17. The lowest BCUT2D eigenvalue weighted by atomic mass is 9.66. The van der Waals surface area contributed by atoms with Crippen LogP contribution in [0.5, 0.6) is 0 Å². The molecule has 1 aliphatic rings. The maximum Gasteiger partial charge on any atom is 0.0689 e. The molecular weight excluding hydrogens is 206 g/mol. The zero-order chi connectivity index (χ0) is 12.9. The number of nitrogens with zero attached hydrogens (tertiary/aromatic N) is 1. The molecule has 17 heavy (non-hydrogen) atoms. The fraction of sp³-hybridized carbons (Fsp3) is 0.938. The van der Waals surface area contributed by atoms with Gasteiger partial charge in [0.2, 0.25) is 0 Å². The molecule has 0 aromatic heterocycles. The van der Waals surface area contributed by atoms with Gasteiger partial charge in [-0.25, -0.2) is 0 Å². The first-order valence-electron chi connectivity index (χ1n) is 7.40. The Hall–Kier alpha value is -0.510. The van der Waals surface area contributed by atoms with Gasteiger partial charge in [-0.05, 0) is 49.9 Å². The van der Waals surface area contributed by atoms with Crippen LogP contribution in [0.15, 0.2) is 0 Å². The molecular formula is C16H29N. The summed E-state index contributed by atoms with van der Waals surface area (Å²) < 4.78 is 0. The highest BCUT2D eigenvalue weighted by atomic mass is 14.4. The molecule has 0 bridgehead atoms. The van der Waals surface area contributed by atoms with Crippen molar-refractivity contribution in [3.8, 4) is 6.07 Å². The van der Waals surface area contributed by atoms with E-state index in [1.165, 1.54) is 25.7 Å². The number of hydrogen-bond acceptors (Lipinski definition) is 1. The van der Waals surface area contributed by atoms with Crippen molar-refractivity contribution < 1.29 is 0 Å². The van der Waals surface area contributed by atoms with E-state index in [1.807, 2.05) is 0 Å². The summed E-state index contributed by atoms with van der Waals surface area (Å²) in [7, 11) is 0. The summed E-state index contributed by atoms with van der Waals surface area (Å²) in [6, 6.07) is 2.65. The van der Waals surface area contributed by atoms with Crippen LogP contribution >= 0.6 is 0 Å². The minimum absolute atomic E-state index is 0.0281. The van der Waals surface area contributed by atoms with Gasteiger partial charge in [0.1, 0.15) is 0 Å². The third-order valence-corrected chi connectivity index (χ3v) is 4.60. The van der Waals surface area contributed by atoms with E-state index in [1.54, 1.807) is 0 Å². The monoisotopic (exact) mass is 235 g/mol. The zero-order valence-corrected chi connectivity index (χ0v) is 12.1. The average Bonchev–Trinajstić information content (AvgIpc) is 2.29. The van der Waals surface area contributed by atoms with Gasteiger partial charge in [0, 0.05) is 0 Å². The quantitative estimate of drug-likeness (QED) is 0.645. The smallest absolute Gasteiger partial charge is 0.0689 e. The van der Waals surface area contributed by atoms with E-state index in [4.69, 9.17) is 0 Å². The molecule has 1 saturated carbocycles. The van der Waals surface area contributed by atoms with Gasteiger partial charge in [0.05, 0.1) is 11.5 Å². The van der Waals surface area contributed by atoms with Crippen molar-refractivity contribution in [2.75, 3.05) is 0 Å². The van der Waals surface area contributed by atoms with Crippen LogP contribution in [0.25, 0.3) is 0 Å². The van der Waals surface area contributed by atoms with Gasteiger partial charge < -0.3 is 0 Å². The van der Waals surface area contributed by atoms with Crippen molar-refractivity contribution in [3.05, 3.63) is 0 Å². The molecule has 0 atom stereocenters. The maximum absolute atomic E-state index is 9.48. The largest absolute Gasteiger partial charge is 0.198 e. The minimum atomic E-state index is 0.0281. The Morgan fingerprint density at radius 3 is 2.18 bits per heavy atom. The fourth-order valence-electron chi connectivity index (χ4n) is 3.13. The van der Waals surface area contributed by atoms with Crippen molar-refractivity contribution in [1.29, 1.82) is 5.26 Å². The number of nitriles is 1. The minimum Gasteiger partial charge on any atom is -0.198 e. The van der Waals surface area contributed by atoms with Crippen LogP contribution < -0.4 is 0 Å². The van der Waals surface area contributed by atoms with Gasteiger partial charge in [-0.1, -0.05) is 40.5 Å². The molecule has 0 radical (unpaired) electrons. The lowest BCUT2D eigenvalue weighted by molar-refractivity contribution is 0.161. The van der Waals surface area contributed by atoms with Gasteiger partial charge in [-0.15, -0.1) is 0 Å². The molecule has 0 heterocycles. The molecule has 1 aliphatic carbocycles. The molecule has 0 spiro atoms. The average molecular weight is 235 g/mol. The third kappa shape index (κ3) is 4.34. The highest BCUT2D eigenvalue weighted by molar-refractivity contribution is 5.01. The fourth-order valence-corrected chi connectivity index (χ4v) is 3.13. The first kappa shape index (κ1) is 14.6. The molecule has 1 fully saturated rings. The summed E-state index contributed by atoms with van der Waals surface area (Å²) in [4.78, 5) is 0. The summed E-state index contributed by atoms with van der Waals surface area (Å²) in [6.45, 7) is 9.19. The molecule has 0 aliphatic heterocycles. The molecule has 1 heteroatoms. The standard InChI is InChI=1S/C16H29N/c1-13(2)6-5-9-16(12-17)10-7-15(8-11-16)14(3)4/h13-15H,5-11H2,1-4H3. The first-order valence-corrected chi connectivity index (χ1v) is 7.40. The first-order chi connectivity index (χ1) is 7.99. The molecule has 0 amide bonds. The summed E-state index contributed by atoms with van der Waals surface area (Å²) in [6.07, 6.45) is 8.47. The summed E-state index contributed by atoms with van der Waals surface area (Å²) in [5.74, 6) is 2.43. The topological polar surface area (TPSA) is 23.8 Å². The van der Waals surface area contributed by atoms with Crippen molar-refractivity contribution in [1.82, 2.24) is 0 Å². The Morgan fingerprint density at radius 1 is 1.18 bits per heavy atom. The Labute approximate surface area is 108 Å². The van der Waals surface area contributed by atoms with Crippen molar-refractivity contribution >= 4 is 0 Å². The molecule has 0 aromatic carbocycles. The lowest BCUT2D eigenvalue weighted by Gasteiger charge is -2.36. The molecule has 0 saturated heterocycles. The second-order valence-electron chi connectivity index (χ2n) is 6.76. The second-order valence-corrected chi connectivity index (χ2v) is 6.76. The van der Waals surface area contributed by atoms with Gasteiger partial charge in [0.25, 0.3) is 0 Å². The Morgan fingerprint density at radius 2 is 1.76 bits per heavy atom. The van der Waals surface area contributed by atoms with Gasteiger partial charge in [-0.3, -0.25) is 0 Å². The van der Waals surface area contributed by atoms with E-state index in [-0.39, 0.29) is 5.41 Å². The van der Waals surface area contributed by atoms with E-state index in [0.29, 0.717) is 0 Å². The van der Waals surface area contributed by atoms with Crippen LogP contribution in [0.2, 0.25) is 0 Å². The second kappa shape index (κ2) is 6.43. The third-order valence-electron chi connectivity index (χ3n) is 4.60. The van der Waals surface area contributed by atoms with E-state index in [9.17, 15) is 5.26 Å². The van der Waals surface area contributed by atoms with Gasteiger partial charge in [0.15, 0.2) is 0 Å². The van der Waals surface area contributed by atoms with Crippen molar-refractivity contribution in [3.63, 3.8) is 0 Å². The number of hydrogen-bond donors (Lipinski definition) is 0. The summed E-state index contributed by atoms with van der Waals surface area (Å²) in [5, 5.41) is 9.48. The van der Waals surface area contributed by atoms with Gasteiger partial charge >= 0.3 is 0 Å². The molecule has 0 aromatic rings. The molecule has 98 valence electrons. The Bertz CT molecular complexity index is 246. The molecule has 0 unspecified atom stereocenters. The van der Waals surface area contributed by atoms with Gasteiger partial charge in [-0.2, -0.15) is 5.26 Å². The lowest BCUT2D eigenvalue weighted by Crippen LogP contribution is -2.28. The zero-order valence-electron chi connectivity index (χ0n) is 12.1. The maximum atomic E-state index is 9.48. The van der Waals surface area contributed by atoms with E-state index >= 15 is 0 Å². The molecule has 0 N–H and O–H groups in total.